The van der Waals surface area contributed by atoms with Crippen LogP contribution in [0.3, 0.4) is 0 Å². The van der Waals surface area contributed by atoms with E-state index in [2.05, 4.69) is 5.32 Å². The molecule has 1 aliphatic heterocycles. The van der Waals surface area contributed by atoms with Crippen molar-refractivity contribution in [3.63, 3.8) is 0 Å². The zero-order valence-electron chi connectivity index (χ0n) is 15.8. The van der Waals surface area contributed by atoms with E-state index in [1.54, 1.807) is 17.9 Å². The van der Waals surface area contributed by atoms with Crippen molar-refractivity contribution >= 4 is 17.5 Å². The molecule has 0 fully saturated rings. The summed E-state index contributed by atoms with van der Waals surface area (Å²) in [5, 5.41) is 2.85. The number of nitrogens with one attached hydrogen (secondary N) is 1. The van der Waals surface area contributed by atoms with Gasteiger partial charge < -0.3 is 10.2 Å². The summed E-state index contributed by atoms with van der Waals surface area (Å²) in [5.74, 6) is -0.330. The van der Waals surface area contributed by atoms with Crippen LogP contribution < -0.4 is 10.2 Å². The van der Waals surface area contributed by atoms with E-state index in [-0.39, 0.29) is 11.8 Å². The van der Waals surface area contributed by atoms with Crippen LogP contribution in [-0.4, -0.2) is 24.4 Å². The number of amides is 2. The van der Waals surface area contributed by atoms with Crippen LogP contribution in [-0.2, 0) is 11.2 Å². The predicted octanol–water partition coefficient (Wildman–Crippen LogP) is 4.06. The Morgan fingerprint density at radius 2 is 1.61 bits per heavy atom. The SMILES string of the molecule is C[C@H](NC(=O)c1cccc(-c2ccccc2)c1)C(=O)N1CCc2ccccc21. The molecule has 0 radical (unpaired) electrons. The Kier molecular flexibility index (Phi) is 4.94. The third-order valence-corrected chi connectivity index (χ3v) is 5.10. The second-order valence-electron chi connectivity index (χ2n) is 7.01. The first kappa shape index (κ1) is 18.0. The summed E-state index contributed by atoms with van der Waals surface area (Å²) in [6.07, 6.45) is 0.849. The fourth-order valence-corrected chi connectivity index (χ4v) is 3.61. The van der Waals surface area contributed by atoms with Gasteiger partial charge in [-0.3, -0.25) is 9.59 Å². The number of hydrogen-bond acceptors (Lipinski definition) is 2. The lowest BCUT2D eigenvalue weighted by atomic mass is 10.0. The smallest absolute Gasteiger partial charge is 0.251 e. The maximum atomic E-state index is 12.9. The molecule has 4 heteroatoms. The molecule has 4 nitrogen and oxygen atoms in total. The van der Waals surface area contributed by atoms with Gasteiger partial charge in [-0.1, -0.05) is 60.7 Å². The van der Waals surface area contributed by atoms with Crippen molar-refractivity contribution in [2.45, 2.75) is 19.4 Å². The zero-order valence-corrected chi connectivity index (χ0v) is 15.8. The Morgan fingerprint density at radius 3 is 2.43 bits per heavy atom. The van der Waals surface area contributed by atoms with Crippen molar-refractivity contribution in [3.8, 4) is 11.1 Å². The second kappa shape index (κ2) is 7.69. The molecule has 0 unspecified atom stereocenters. The van der Waals surface area contributed by atoms with Crippen molar-refractivity contribution in [3.05, 3.63) is 90.0 Å². The molecule has 0 saturated heterocycles. The van der Waals surface area contributed by atoms with Gasteiger partial charge in [-0.15, -0.1) is 0 Å². The molecule has 0 aliphatic carbocycles. The molecule has 1 aliphatic rings. The summed E-state index contributed by atoms with van der Waals surface area (Å²) >= 11 is 0. The molecule has 140 valence electrons. The summed E-state index contributed by atoms with van der Waals surface area (Å²) in [6.45, 7) is 2.39. The number of carbonyl (C=O) groups excluding carboxylic acids is 2. The fraction of sp³-hybridized carbons (Fsp3) is 0.167. The lowest BCUT2D eigenvalue weighted by Gasteiger charge is -2.22. The van der Waals surface area contributed by atoms with Crippen LogP contribution in [0.25, 0.3) is 11.1 Å². The first-order valence-corrected chi connectivity index (χ1v) is 9.49. The molecular weight excluding hydrogens is 348 g/mol. The molecule has 0 saturated carbocycles. The molecule has 28 heavy (non-hydrogen) atoms. The van der Waals surface area contributed by atoms with E-state index in [4.69, 9.17) is 0 Å². The zero-order chi connectivity index (χ0) is 19.5. The number of para-hydroxylation sites is 1. The first-order chi connectivity index (χ1) is 13.6. The number of nitrogens with zero attached hydrogens (tertiary/aromatic N) is 1. The number of rotatable bonds is 4. The maximum absolute atomic E-state index is 12.9. The Morgan fingerprint density at radius 1 is 0.893 bits per heavy atom. The first-order valence-electron chi connectivity index (χ1n) is 9.49. The summed E-state index contributed by atoms with van der Waals surface area (Å²) in [5.41, 5.74) is 4.68. The van der Waals surface area contributed by atoms with Crippen molar-refractivity contribution in [2.24, 2.45) is 0 Å². The molecule has 0 aromatic heterocycles. The molecule has 1 heterocycles. The fourth-order valence-electron chi connectivity index (χ4n) is 3.61. The van der Waals surface area contributed by atoms with Crippen LogP contribution in [0.1, 0.15) is 22.8 Å². The normalized spacial score (nSPS) is 13.7. The highest BCUT2D eigenvalue weighted by Crippen LogP contribution is 2.28. The summed E-state index contributed by atoms with van der Waals surface area (Å²) in [4.78, 5) is 27.4. The average molecular weight is 370 g/mol. The number of fused-ring (bicyclic) bond motifs is 1. The van der Waals surface area contributed by atoms with Gasteiger partial charge in [0.15, 0.2) is 0 Å². The van der Waals surface area contributed by atoms with Gasteiger partial charge in [-0.05, 0) is 48.2 Å². The summed E-state index contributed by atoms with van der Waals surface area (Å²) in [7, 11) is 0. The number of hydrogen-bond donors (Lipinski definition) is 1. The molecule has 1 atom stereocenters. The van der Waals surface area contributed by atoms with E-state index in [1.165, 1.54) is 5.56 Å². The van der Waals surface area contributed by atoms with E-state index in [1.807, 2.05) is 72.8 Å². The van der Waals surface area contributed by atoms with Crippen molar-refractivity contribution in [1.82, 2.24) is 5.32 Å². The number of anilines is 1. The molecule has 0 spiro atoms. The average Bonchev–Trinajstić information content (AvgIpc) is 3.18. The predicted molar refractivity (Wildman–Crippen MR) is 111 cm³/mol. The van der Waals surface area contributed by atoms with E-state index in [0.29, 0.717) is 12.1 Å². The topological polar surface area (TPSA) is 49.4 Å². The van der Waals surface area contributed by atoms with Gasteiger partial charge in [0.1, 0.15) is 6.04 Å². The minimum Gasteiger partial charge on any atom is -0.341 e. The van der Waals surface area contributed by atoms with E-state index in [0.717, 1.165) is 23.2 Å². The minimum absolute atomic E-state index is 0.0856. The number of benzene rings is 3. The van der Waals surface area contributed by atoms with Crippen LogP contribution in [0.5, 0.6) is 0 Å². The molecule has 0 bridgehead atoms. The van der Waals surface area contributed by atoms with Crippen molar-refractivity contribution in [2.75, 3.05) is 11.4 Å². The second-order valence-corrected chi connectivity index (χ2v) is 7.01. The highest BCUT2D eigenvalue weighted by Gasteiger charge is 2.28. The van der Waals surface area contributed by atoms with Gasteiger partial charge in [-0.2, -0.15) is 0 Å². The van der Waals surface area contributed by atoms with Crippen LogP contribution >= 0.6 is 0 Å². The van der Waals surface area contributed by atoms with Gasteiger partial charge in [-0.25, -0.2) is 0 Å². The van der Waals surface area contributed by atoms with Crippen LogP contribution in [0.4, 0.5) is 5.69 Å². The van der Waals surface area contributed by atoms with Gasteiger partial charge in [0, 0.05) is 17.8 Å². The third kappa shape index (κ3) is 3.54. The molecule has 3 aromatic carbocycles. The lowest BCUT2D eigenvalue weighted by Crippen LogP contribution is -2.46. The Labute approximate surface area is 164 Å². The van der Waals surface area contributed by atoms with Crippen LogP contribution in [0.15, 0.2) is 78.9 Å². The van der Waals surface area contributed by atoms with E-state index >= 15 is 0 Å². The standard InChI is InChI=1S/C24H22N2O2/c1-17(24(28)26-15-14-19-10-5-6-13-22(19)26)25-23(27)21-12-7-11-20(16-21)18-8-3-2-4-9-18/h2-13,16-17H,14-15H2,1H3,(H,25,27)/t17-/m0/s1. The molecule has 1 N–H and O–H groups in total. The summed E-state index contributed by atoms with van der Waals surface area (Å²) in [6, 6.07) is 24.7. The van der Waals surface area contributed by atoms with E-state index in [9.17, 15) is 9.59 Å². The van der Waals surface area contributed by atoms with E-state index < -0.39 is 6.04 Å². The highest BCUT2D eigenvalue weighted by molar-refractivity contribution is 6.03. The van der Waals surface area contributed by atoms with Gasteiger partial charge in [0.05, 0.1) is 0 Å². The molecule has 2 amide bonds. The molecular formula is C24H22N2O2. The third-order valence-electron chi connectivity index (χ3n) is 5.10. The maximum Gasteiger partial charge on any atom is 0.251 e. The lowest BCUT2D eigenvalue weighted by molar-refractivity contribution is -0.119. The van der Waals surface area contributed by atoms with Gasteiger partial charge in [0.25, 0.3) is 5.91 Å². The minimum atomic E-state index is -0.598. The Bertz CT molecular complexity index is 1010. The Balaban J connectivity index is 1.47. The van der Waals surface area contributed by atoms with Gasteiger partial charge in [0.2, 0.25) is 5.91 Å². The Hall–Kier alpha value is -3.40. The van der Waals surface area contributed by atoms with Crippen LogP contribution in [0.2, 0.25) is 0 Å². The summed E-state index contributed by atoms with van der Waals surface area (Å²) < 4.78 is 0. The van der Waals surface area contributed by atoms with Crippen molar-refractivity contribution in [1.29, 1.82) is 0 Å². The molecule has 3 aromatic rings. The highest BCUT2D eigenvalue weighted by atomic mass is 16.2. The van der Waals surface area contributed by atoms with Crippen LogP contribution in [0, 0.1) is 0 Å². The van der Waals surface area contributed by atoms with Gasteiger partial charge >= 0.3 is 0 Å². The quantitative estimate of drug-likeness (QED) is 0.753. The monoisotopic (exact) mass is 370 g/mol. The largest absolute Gasteiger partial charge is 0.341 e. The van der Waals surface area contributed by atoms with Crippen molar-refractivity contribution < 1.29 is 9.59 Å². The number of carbonyl (C=O) groups is 2. The molecule has 4 rings (SSSR count).